The van der Waals surface area contributed by atoms with Crippen LogP contribution in [0.1, 0.15) is 19.3 Å². The van der Waals surface area contributed by atoms with Crippen molar-refractivity contribution >= 4 is 23.1 Å². The number of rotatable bonds is 7. The monoisotopic (exact) mass is 255 g/mol. The molecule has 0 bridgehead atoms. The van der Waals surface area contributed by atoms with E-state index in [-0.39, 0.29) is 0 Å². The predicted octanol–water partition coefficient (Wildman–Crippen LogP) is 2.55. The van der Waals surface area contributed by atoms with Crippen LogP contribution in [0.15, 0.2) is 12.3 Å². The molecule has 17 heavy (non-hydrogen) atoms. The number of ether oxygens (including phenoxy) is 1. The lowest BCUT2D eigenvalue weighted by Gasteiger charge is -2.08. The molecular formula is C12H18ClN3O. The Labute approximate surface area is 107 Å². The van der Waals surface area contributed by atoms with Gasteiger partial charge in [0.1, 0.15) is 5.82 Å². The first-order valence-corrected chi connectivity index (χ1v) is 6.36. The van der Waals surface area contributed by atoms with Gasteiger partial charge in [0, 0.05) is 19.8 Å². The van der Waals surface area contributed by atoms with Crippen molar-refractivity contribution in [2.24, 2.45) is 5.92 Å². The number of hydrogen-bond acceptors (Lipinski definition) is 4. The zero-order valence-corrected chi connectivity index (χ0v) is 10.5. The molecule has 4 nitrogen and oxygen atoms in total. The van der Waals surface area contributed by atoms with Crippen LogP contribution in [0, 0.1) is 5.92 Å². The first-order valence-electron chi connectivity index (χ1n) is 5.98. The smallest absolute Gasteiger partial charge is 0.144 e. The lowest BCUT2D eigenvalue weighted by atomic mass is 10.4. The number of nitrogens with two attached hydrogens (primary N) is 1. The van der Waals surface area contributed by atoms with Crippen LogP contribution in [0.3, 0.4) is 0 Å². The Morgan fingerprint density at radius 3 is 3.06 bits per heavy atom. The van der Waals surface area contributed by atoms with Gasteiger partial charge in [-0.3, -0.25) is 0 Å². The third kappa shape index (κ3) is 4.40. The maximum atomic E-state index is 5.98. The van der Waals surface area contributed by atoms with Crippen molar-refractivity contribution in [3.05, 3.63) is 17.3 Å². The molecule has 3 N–H and O–H groups in total. The number of anilines is 2. The molecule has 1 fully saturated rings. The van der Waals surface area contributed by atoms with Crippen LogP contribution < -0.4 is 11.1 Å². The quantitative estimate of drug-likeness (QED) is 0.735. The van der Waals surface area contributed by atoms with E-state index in [0.717, 1.165) is 32.1 Å². The van der Waals surface area contributed by atoms with E-state index in [0.29, 0.717) is 16.5 Å². The fraction of sp³-hybridized carbons (Fsp3) is 0.583. The van der Waals surface area contributed by atoms with E-state index in [2.05, 4.69) is 10.3 Å². The van der Waals surface area contributed by atoms with E-state index >= 15 is 0 Å². The topological polar surface area (TPSA) is 60.2 Å². The highest BCUT2D eigenvalue weighted by Gasteiger charge is 2.20. The van der Waals surface area contributed by atoms with Crippen molar-refractivity contribution in [2.75, 3.05) is 30.8 Å². The lowest BCUT2D eigenvalue weighted by molar-refractivity contribution is 0.124. The Morgan fingerprint density at radius 1 is 1.53 bits per heavy atom. The molecule has 1 heterocycles. The fourth-order valence-corrected chi connectivity index (χ4v) is 1.74. The summed E-state index contributed by atoms with van der Waals surface area (Å²) in [5.41, 5.74) is 6.14. The summed E-state index contributed by atoms with van der Waals surface area (Å²) >= 11 is 5.98. The summed E-state index contributed by atoms with van der Waals surface area (Å²) in [6.07, 6.45) is 5.22. The summed E-state index contributed by atoms with van der Waals surface area (Å²) < 4.78 is 5.53. The second-order valence-corrected chi connectivity index (χ2v) is 4.80. The molecule has 0 amide bonds. The SMILES string of the molecule is Nc1cnc(NCCCOCC2CC2)c(Cl)c1. The highest BCUT2D eigenvalue weighted by Crippen LogP contribution is 2.28. The van der Waals surface area contributed by atoms with Gasteiger partial charge in [-0.1, -0.05) is 11.6 Å². The normalized spacial score (nSPS) is 14.9. The molecule has 5 heteroatoms. The Kier molecular flexibility index (Phi) is 4.45. The maximum Gasteiger partial charge on any atom is 0.144 e. The minimum Gasteiger partial charge on any atom is -0.397 e. The van der Waals surface area contributed by atoms with Gasteiger partial charge in [0.25, 0.3) is 0 Å². The molecule has 2 rings (SSSR count). The van der Waals surface area contributed by atoms with Crippen molar-refractivity contribution in [3.63, 3.8) is 0 Å². The number of pyridine rings is 1. The molecule has 1 aromatic heterocycles. The van der Waals surface area contributed by atoms with Crippen molar-refractivity contribution in [1.29, 1.82) is 0 Å². The molecular weight excluding hydrogens is 238 g/mol. The van der Waals surface area contributed by atoms with Gasteiger partial charge >= 0.3 is 0 Å². The third-order valence-electron chi connectivity index (χ3n) is 2.67. The average Bonchev–Trinajstić information content (AvgIpc) is 3.09. The van der Waals surface area contributed by atoms with Gasteiger partial charge in [-0.25, -0.2) is 4.98 Å². The van der Waals surface area contributed by atoms with Crippen molar-refractivity contribution in [3.8, 4) is 0 Å². The summed E-state index contributed by atoms with van der Waals surface area (Å²) in [5.74, 6) is 1.51. The summed E-state index contributed by atoms with van der Waals surface area (Å²) in [4.78, 5) is 4.12. The van der Waals surface area contributed by atoms with E-state index in [4.69, 9.17) is 22.1 Å². The second kappa shape index (κ2) is 6.07. The highest BCUT2D eigenvalue weighted by molar-refractivity contribution is 6.33. The summed E-state index contributed by atoms with van der Waals surface area (Å²) in [5, 5.41) is 3.72. The average molecular weight is 256 g/mol. The number of nitrogens with zero attached hydrogens (tertiary/aromatic N) is 1. The molecule has 1 aliphatic rings. The zero-order valence-electron chi connectivity index (χ0n) is 9.79. The molecule has 0 saturated heterocycles. The Hall–Kier alpha value is -1.00. The van der Waals surface area contributed by atoms with Gasteiger partial charge < -0.3 is 15.8 Å². The minimum atomic E-state index is 0.559. The van der Waals surface area contributed by atoms with Crippen LogP contribution in [0.5, 0.6) is 0 Å². The molecule has 1 aliphatic carbocycles. The Balaban J connectivity index is 1.60. The van der Waals surface area contributed by atoms with E-state index in [1.807, 2.05) is 0 Å². The van der Waals surface area contributed by atoms with E-state index in [1.165, 1.54) is 12.8 Å². The summed E-state index contributed by atoms with van der Waals surface area (Å²) in [6, 6.07) is 1.69. The summed E-state index contributed by atoms with van der Waals surface area (Å²) in [6.45, 7) is 2.51. The van der Waals surface area contributed by atoms with Crippen LogP contribution in [0.4, 0.5) is 11.5 Å². The molecule has 0 spiro atoms. The van der Waals surface area contributed by atoms with Gasteiger partial charge in [-0.2, -0.15) is 0 Å². The maximum absolute atomic E-state index is 5.98. The molecule has 0 aromatic carbocycles. The Morgan fingerprint density at radius 2 is 2.35 bits per heavy atom. The number of nitrogens with one attached hydrogen (secondary N) is 1. The molecule has 1 saturated carbocycles. The van der Waals surface area contributed by atoms with E-state index in [9.17, 15) is 0 Å². The van der Waals surface area contributed by atoms with E-state index < -0.39 is 0 Å². The molecule has 0 aliphatic heterocycles. The van der Waals surface area contributed by atoms with Crippen LogP contribution in [-0.2, 0) is 4.74 Å². The lowest BCUT2D eigenvalue weighted by Crippen LogP contribution is -2.08. The third-order valence-corrected chi connectivity index (χ3v) is 2.96. The number of halogens is 1. The first-order chi connectivity index (χ1) is 8.25. The molecule has 94 valence electrons. The highest BCUT2D eigenvalue weighted by atomic mass is 35.5. The van der Waals surface area contributed by atoms with Crippen LogP contribution in [-0.4, -0.2) is 24.7 Å². The zero-order chi connectivity index (χ0) is 12.1. The number of hydrogen-bond donors (Lipinski definition) is 2. The van der Waals surface area contributed by atoms with E-state index in [1.54, 1.807) is 12.3 Å². The van der Waals surface area contributed by atoms with Gasteiger partial charge in [0.05, 0.1) is 16.9 Å². The van der Waals surface area contributed by atoms with Gasteiger partial charge in [0.2, 0.25) is 0 Å². The molecule has 0 unspecified atom stereocenters. The van der Waals surface area contributed by atoms with Gasteiger partial charge in [0.15, 0.2) is 0 Å². The second-order valence-electron chi connectivity index (χ2n) is 4.40. The van der Waals surface area contributed by atoms with Crippen molar-refractivity contribution in [1.82, 2.24) is 4.98 Å². The standard InChI is InChI=1S/C12H18ClN3O/c13-11-6-10(14)7-16-12(11)15-4-1-5-17-8-9-2-3-9/h6-7,9H,1-5,8,14H2,(H,15,16). The number of aromatic nitrogens is 1. The van der Waals surface area contributed by atoms with Crippen molar-refractivity contribution in [2.45, 2.75) is 19.3 Å². The van der Waals surface area contributed by atoms with Crippen molar-refractivity contribution < 1.29 is 4.74 Å². The fourth-order valence-electron chi connectivity index (χ4n) is 1.50. The van der Waals surface area contributed by atoms with Crippen LogP contribution in [0.25, 0.3) is 0 Å². The van der Waals surface area contributed by atoms with Gasteiger partial charge in [-0.05, 0) is 31.2 Å². The molecule has 0 atom stereocenters. The Bertz CT molecular complexity index is 369. The number of nitrogen functional groups attached to an aromatic ring is 1. The van der Waals surface area contributed by atoms with Gasteiger partial charge in [-0.15, -0.1) is 0 Å². The molecule has 1 aromatic rings. The van der Waals surface area contributed by atoms with Crippen LogP contribution >= 0.6 is 11.6 Å². The molecule has 0 radical (unpaired) electrons. The predicted molar refractivity (Wildman–Crippen MR) is 70.3 cm³/mol. The first kappa shape index (κ1) is 12.5. The summed E-state index contributed by atoms with van der Waals surface area (Å²) in [7, 11) is 0. The van der Waals surface area contributed by atoms with Crippen LogP contribution in [0.2, 0.25) is 5.02 Å². The largest absolute Gasteiger partial charge is 0.397 e. The minimum absolute atomic E-state index is 0.559.